The van der Waals surface area contributed by atoms with Gasteiger partial charge in [-0.1, -0.05) is 18.2 Å². The van der Waals surface area contributed by atoms with Crippen LogP contribution in [0.25, 0.3) is 0 Å². The standard InChI is InChI=1S/C16H18FNO/c1-11-3-4-13(7-12(11)2)10-19-16-6-5-15(17)8-14(16)9-18/h3-8H,9-10,18H2,1-2H3. The summed E-state index contributed by atoms with van der Waals surface area (Å²) in [6.45, 7) is 4.87. The van der Waals surface area contributed by atoms with Crippen molar-refractivity contribution in [3.05, 3.63) is 64.5 Å². The van der Waals surface area contributed by atoms with Gasteiger partial charge in [-0.15, -0.1) is 0 Å². The van der Waals surface area contributed by atoms with Gasteiger partial charge in [-0.3, -0.25) is 0 Å². The zero-order valence-electron chi connectivity index (χ0n) is 11.2. The van der Waals surface area contributed by atoms with E-state index in [9.17, 15) is 4.39 Å². The molecule has 0 saturated heterocycles. The van der Waals surface area contributed by atoms with Crippen molar-refractivity contribution >= 4 is 0 Å². The Morgan fingerprint density at radius 3 is 2.53 bits per heavy atom. The van der Waals surface area contributed by atoms with Crippen LogP contribution in [0.1, 0.15) is 22.3 Å². The molecule has 2 nitrogen and oxygen atoms in total. The van der Waals surface area contributed by atoms with E-state index in [0.717, 1.165) is 5.56 Å². The first kappa shape index (κ1) is 13.6. The second kappa shape index (κ2) is 5.85. The molecule has 0 saturated carbocycles. The monoisotopic (exact) mass is 259 g/mol. The summed E-state index contributed by atoms with van der Waals surface area (Å²) in [7, 11) is 0. The molecule has 0 aliphatic rings. The van der Waals surface area contributed by atoms with Gasteiger partial charge >= 0.3 is 0 Å². The summed E-state index contributed by atoms with van der Waals surface area (Å²) in [5, 5.41) is 0. The predicted octanol–water partition coefficient (Wildman–Crippen LogP) is 3.48. The summed E-state index contributed by atoms with van der Waals surface area (Å²) >= 11 is 0. The highest BCUT2D eigenvalue weighted by Gasteiger charge is 2.05. The van der Waals surface area contributed by atoms with E-state index in [0.29, 0.717) is 17.9 Å². The Kier molecular flexibility index (Phi) is 4.17. The van der Waals surface area contributed by atoms with Gasteiger partial charge in [-0.05, 0) is 48.7 Å². The van der Waals surface area contributed by atoms with Crippen LogP contribution in [-0.4, -0.2) is 0 Å². The Morgan fingerprint density at radius 1 is 1.05 bits per heavy atom. The van der Waals surface area contributed by atoms with E-state index in [1.165, 1.54) is 23.3 Å². The molecule has 0 fully saturated rings. The van der Waals surface area contributed by atoms with E-state index >= 15 is 0 Å². The molecule has 0 bridgehead atoms. The van der Waals surface area contributed by atoms with E-state index < -0.39 is 0 Å². The first-order chi connectivity index (χ1) is 9.10. The van der Waals surface area contributed by atoms with Crippen LogP contribution in [-0.2, 0) is 13.2 Å². The number of aryl methyl sites for hydroxylation is 2. The first-order valence-electron chi connectivity index (χ1n) is 6.27. The van der Waals surface area contributed by atoms with Gasteiger partial charge in [-0.25, -0.2) is 4.39 Å². The van der Waals surface area contributed by atoms with Crippen LogP contribution >= 0.6 is 0 Å². The second-order valence-corrected chi connectivity index (χ2v) is 4.66. The van der Waals surface area contributed by atoms with Crippen LogP contribution in [0.4, 0.5) is 4.39 Å². The molecular formula is C16H18FNO. The molecule has 100 valence electrons. The largest absolute Gasteiger partial charge is 0.489 e. The van der Waals surface area contributed by atoms with Gasteiger partial charge in [0.25, 0.3) is 0 Å². The maximum absolute atomic E-state index is 13.1. The van der Waals surface area contributed by atoms with Crippen molar-refractivity contribution in [2.75, 3.05) is 0 Å². The van der Waals surface area contributed by atoms with Crippen molar-refractivity contribution in [2.45, 2.75) is 27.0 Å². The van der Waals surface area contributed by atoms with Crippen molar-refractivity contribution in [1.82, 2.24) is 0 Å². The van der Waals surface area contributed by atoms with E-state index in [-0.39, 0.29) is 12.4 Å². The van der Waals surface area contributed by atoms with Crippen molar-refractivity contribution < 1.29 is 9.13 Å². The average Bonchev–Trinajstić information content (AvgIpc) is 2.41. The van der Waals surface area contributed by atoms with Crippen LogP contribution < -0.4 is 10.5 Å². The fraction of sp³-hybridized carbons (Fsp3) is 0.250. The van der Waals surface area contributed by atoms with E-state index in [4.69, 9.17) is 10.5 Å². The SMILES string of the molecule is Cc1ccc(COc2ccc(F)cc2CN)cc1C. The molecule has 0 unspecified atom stereocenters. The highest BCUT2D eigenvalue weighted by molar-refractivity contribution is 5.35. The minimum atomic E-state index is -0.293. The fourth-order valence-electron chi connectivity index (χ4n) is 1.90. The van der Waals surface area contributed by atoms with E-state index in [2.05, 4.69) is 26.0 Å². The number of rotatable bonds is 4. The molecule has 0 amide bonds. The lowest BCUT2D eigenvalue weighted by Crippen LogP contribution is -2.03. The molecule has 19 heavy (non-hydrogen) atoms. The Hall–Kier alpha value is -1.87. The fourth-order valence-corrected chi connectivity index (χ4v) is 1.90. The molecule has 0 aromatic heterocycles. The third-order valence-electron chi connectivity index (χ3n) is 3.21. The van der Waals surface area contributed by atoms with E-state index in [1.807, 2.05) is 6.07 Å². The molecule has 0 heterocycles. The van der Waals surface area contributed by atoms with Crippen LogP contribution in [0.15, 0.2) is 36.4 Å². The normalized spacial score (nSPS) is 10.5. The average molecular weight is 259 g/mol. The van der Waals surface area contributed by atoms with Gasteiger partial charge in [0.05, 0.1) is 0 Å². The second-order valence-electron chi connectivity index (χ2n) is 4.66. The molecule has 3 heteroatoms. The molecule has 2 rings (SSSR count). The number of halogens is 1. The van der Waals surface area contributed by atoms with E-state index in [1.54, 1.807) is 6.07 Å². The molecular weight excluding hydrogens is 241 g/mol. The number of nitrogens with two attached hydrogens (primary N) is 1. The lowest BCUT2D eigenvalue weighted by atomic mass is 10.1. The van der Waals surface area contributed by atoms with Crippen LogP contribution in [0.3, 0.4) is 0 Å². The maximum atomic E-state index is 13.1. The molecule has 0 spiro atoms. The van der Waals surface area contributed by atoms with Gasteiger partial charge < -0.3 is 10.5 Å². The molecule has 0 aliphatic heterocycles. The van der Waals surface area contributed by atoms with Gasteiger partial charge in [0.2, 0.25) is 0 Å². The predicted molar refractivity (Wildman–Crippen MR) is 74.5 cm³/mol. The maximum Gasteiger partial charge on any atom is 0.124 e. The lowest BCUT2D eigenvalue weighted by molar-refractivity contribution is 0.302. The smallest absolute Gasteiger partial charge is 0.124 e. The lowest BCUT2D eigenvalue weighted by Gasteiger charge is -2.11. The topological polar surface area (TPSA) is 35.2 Å². The molecule has 0 aliphatic carbocycles. The number of hydrogen-bond acceptors (Lipinski definition) is 2. The van der Waals surface area contributed by atoms with Crippen LogP contribution in [0.5, 0.6) is 5.75 Å². The van der Waals surface area contributed by atoms with Gasteiger partial charge in [-0.2, -0.15) is 0 Å². The summed E-state index contributed by atoms with van der Waals surface area (Å²) in [6.07, 6.45) is 0. The van der Waals surface area contributed by atoms with Crippen LogP contribution in [0.2, 0.25) is 0 Å². The molecule has 0 radical (unpaired) electrons. The van der Waals surface area contributed by atoms with Gasteiger partial charge in [0.15, 0.2) is 0 Å². The van der Waals surface area contributed by atoms with Crippen molar-refractivity contribution in [2.24, 2.45) is 5.73 Å². The Bertz CT molecular complexity index is 581. The highest BCUT2D eigenvalue weighted by Crippen LogP contribution is 2.21. The molecule has 2 aromatic carbocycles. The zero-order valence-corrected chi connectivity index (χ0v) is 11.2. The Balaban J connectivity index is 2.12. The first-order valence-corrected chi connectivity index (χ1v) is 6.27. The molecule has 0 atom stereocenters. The van der Waals surface area contributed by atoms with Crippen LogP contribution in [0, 0.1) is 19.7 Å². The van der Waals surface area contributed by atoms with Gasteiger partial charge in [0.1, 0.15) is 18.2 Å². The minimum absolute atomic E-state index is 0.264. The third kappa shape index (κ3) is 3.32. The summed E-state index contributed by atoms with van der Waals surface area (Å²) in [5.41, 5.74) is 9.86. The zero-order chi connectivity index (χ0) is 13.8. The number of benzene rings is 2. The van der Waals surface area contributed by atoms with Gasteiger partial charge in [0, 0.05) is 12.1 Å². The van der Waals surface area contributed by atoms with Crippen molar-refractivity contribution in [3.8, 4) is 5.75 Å². The summed E-state index contributed by atoms with van der Waals surface area (Å²) in [6, 6.07) is 10.6. The molecule has 2 N–H and O–H groups in total. The quantitative estimate of drug-likeness (QED) is 0.912. The number of ether oxygens (including phenoxy) is 1. The Labute approximate surface area is 113 Å². The summed E-state index contributed by atoms with van der Waals surface area (Å²) in [4.78, 5) is 0. The number of hydrogen-bond donors (Lipinski definition) is 1. The third-order valence-corrected chi connectivity index (χ3v) is 3.21. The summed E-state index contributed by atoms with van der Waals surface area (Å²) < 4.78 is 18.8. The highest BCUT2D eigenvalue weighted by atomic mass is 19.1. The van der Waals surface area contributed by atoms with Crippen molar-refractivity contribution in [1.29, 1.82) is 0 Å². The molecule has 2 aromatic rings. The Morgan fingerprint density at radius 2 is 1.84 bits per heavy atom. The van der Waals surface area contributed by atoms with Crippen molar-refractivity contribution in [3.63, 3.8) is 0 Å². The minimum Gasteiger partial charge on any atom is -0.489 e. The summed E-state index contributed by atoms with van der Waals surface area (Å²) in [5.74, 6) is 0.348.